The lowest BCUT2D eigenvalue weighted by Crippen LogP contribution is -2.52. The number of aliphatic hydroxyl groups is 1. The molecule has 2 aliphatic rings. The molecule has 0 aromatic rings. The van der Waals surface area contributed by atoms with E-state index in [1.807, 2.05) is 18.9 Å². The van der Waals surface area contributed by atoms with Crippen LogP contribution in [0.5, 0.6) is 0 Å². The first kappa shape index (κ1) is 19.6. The molecule has 0 radical (unpaired) electrons. The van der Waals surface area contributed by atoms with E-state index in [2.05, 4.69) is 10.2 Å². The average Bonchev–Trinajstić information content (AvgIpc) is 2.56. The highest BCUT2D eigenvalue weighted by Gasteiger charge is 2.41. The minimum atomic E-state index is -0.345. The fourth-order valence-corrected chi connectivity index (χ4v) is 4.20. The molecule has 1 atom stereocenters. The number of methoxy groups -OCH3 is 1. The van der Waals surface area contributed by atoms with Crippen molar-refractivity contribution >= 4 is 5.91 Å². The fourth-order valence-electron chi connectivity index (χ4n) is 4.20. The van der Waals surface area contributed by atoms with Crippen LogP contribution in [0.25, 0.3) is 0 Å². The summed E-state index contributed by atoms with van der Waals surface area (Å²) in [6.07, 6.45) is 3.65. The molecule has 2 heterocycles. The summed E-state index contributed by atoms with van der Waals surface area (Å²) in [6, 6.07) is 0. The Bertz CT molecular complexity index is 383. The largest absolute Gasteiger partial charge is 0.392 e. The van der Waals surface area contributed by atoms with Crippen molar-refractivity contribution in [3.63, 3.8) is 0 Å². The van der Waals surface area contributed by atoms with Crippen molar-refractivity contribution in [1.29, 1.82) is 0 Å². The van der Waals surface area contributed by atoms with Gasteiger partial charge in [-0.3, -0.25) is 4.79 Å². The highest BCUT2D eigenvalue weighted by Crippen LogP contribution is 2.32. The van der Waals surface area contributed by atoms with Gasteiger partial charge < -0.3 is 25.0 Å². The summed E-state index contributed by atoms with van der Waals surface area (Å²) in [5, 5.41) is 12.8. The van der Waals surface area contributed by atoms with Gasteiger partial charge in [0.25, 0.3) is 0 Å². The smallest absolute Gasteiger partial charge is 0.230 e. The number of nitrogens with zero attached hydrogens (tertiary/aromatic N) is 2. The first-order valence-electron chi connectivity index (χ1n) is 9.32. The molecular formula is C18H35N3O3. The molecule has 0 bridgehead atoms. The summed E-state index contributed by atoms with van der Waals surface area (Å²) in [7, 11) is 3.64. The first-order chi connectivity index (χ1) is 11.5. The fraction of sp³-hybridized carbons (Fsp3) is 0.944. The molecule has 1 unspecified atom stereocenters. The van der Waals surface area contributed by atoms with Gasteiger partial charge in [0.2, 0.25) is 5.91 Å². The number of likely N-dealkylation sites (tertiary alicyclic amines) is 1. The van der Waals surface area contributed by atoms with Crippen molar-refractivity contribution < 1.29 is 14.6 Å². The van der Waals surface area contributed by atoms with Crippen LogP contribution in [0, 0.1) is 11.3 Å². The van der Waals surface area contributed by atoms with Gasteiger partial charge in [0.05, 0.1) is 18.1 Å². The monoisotopic (exact) mass is 341 g/mol. The van der Waals surface area contributed by atoms with E-state index in [-0.39, 0.29) is 17.4 Å². The standard InChI is InChI=1S/C18H35N3O3/c1-15(22)12-21-10-4-16(5-11-21)13-20(2)17(23)18(14-24-3)6-8-19-9-7-18/h15-16,19,22H,4-14H2,1-3H3. The van der Waals surface area contributed by atoms with E-state index >= 15 is 0 Å². The maximum Gasteiger partial charge on any atom is 0.230 e. The Hall–Kier alpha value is -0.690. The van der Waals surface area contributed by atoms with Crippen LogP contribution in [-0.4, -0.2) is 87.0 Å². The van der Waals surface area contributed by atoms with Crippen LogP contribution in [-0.2, 0) is 9.53 Å². The van der Waals surface area contributed by atoms with Gasteiger partial charge in [-0.05, 0) is 64.7 Å². The van der Waals surface area contributed by atoms with Gasteiger partial charge in [-0.15, -0.1) is 0 Å². The van der Waals surface area contributed by atoms with Gasteiger partial charge >= 0.3 is 0 Å². The Morgan fingerprint density at radius 3 is 2.54 bits per heavy atom. The van der Waals surface area contributed by atoms with Crippen molar-refractivity contribution in [2.45, 2.75) is 38.7 Å². The second-order valence-corrected chi connectivity index (χ2v) is 7.74. The number of β-amino-alcohol motifs (C(OH)–C–C–N with tert-alkyl or cyclic N) is 1. The molecule has 24 heavy (non-hydrogen) atoms. The molecule has 2 fully saturated rings. The zero-order valence-electron chi connectivity index (χ0n) is 15.6. The number of aliphatic hydroxyl groups excluding tert-OH is 1. The van der Waals surface area contributed by atoms with Gasteiger partial charge in [-0.2, -0.15) is 0 Å². The Labute approximate surface area is 146 Å². The lowest BCUT2D eigenvalue weighted by molar-refractivity contribution is -0.147. The van der Waals surface area contributed by atoms with Crippen LogP contribution in [0.15, 0.2) is 0 Å². The molecule has 0 aromatic heterocycles. The van der Waals surface area contributed by atoms with Gasteiger partial charge in [0, 0.05) is 27.2 Å². The van der Waals surface area contributed by atoms with Crippen LogP contribution in [0.1, 0.15) is 32.6 Å². The number of nitrogens with one attached hydrogen (secondary N) is 1. The number of rotatable bonds is 7. The van der Waals surface area contributed by atoms with Gasteiger partial charge in [0.15, 0.2) is 0 Å². The molecule has 6 heteroatoms. The Morgan fingerprint density at radius 1 is 1.38 bits per heavy atom. The molecule has 140 valence electrons. The molecule has 6 nitrogen and oxygen atoms in total. The van der Waals surface area contributed by atoms with Crippen LogP contribution in [0.2, 0.25) is 0 Å². The number of piperidine rings is 2. The van der Waals surface area contributed by atoms with E-state index in [4.69, 9.17) is 4.74 Å². The lowest BCUT2D eigenvalue weighted by atomic mass is 9.78. The van der Waals surface area contributed by atoms with Crippen molar-refractivity contribution in [3.05, 3.63) is 0 Å². The highest BCUT2D eigenvalue weighted by atomic mass is 16.5. The van der Waals surface area contributed by atoms with E-state index in [0.717, 1.165) is 65.0 Å². The Kier molecular flexibility index (Phi) is 7.47. The quantitative estimate of drug-likeness (QED) is 0.708. The third-order valence-electron chi connectivity index (χ3n) is 5.54. The second kappa shape index (κ2) is 9.13. The van der Waals surface area contributed by atoms with Gasteiger partial charge in [-0.25, -0.2) is 0 Å². The normalized spacial score (nSPS) is 23.8. The van der Waals surface area contributed by atoms with Crippen molar-refractivity contribution in [1.82, 2.24) is 15.1 Å². The third-order valence-corrected chi connectivity index (χ3v) is 5.54. The molecule has 1 amide bonds. The minimum absolute atomic E-state index is 0.247. The molecule has 0 saturated carbocycles. The minimum Gasteiger partial charge on any atom is -0.392 e. The SMILES string of the molecule is COCC1(C(=O)N(C)CC2CCN(CC(C)O)CC2)CCNCC1. The average molecular weight is 341 g/mol. The van der Waals surface area contributed by atoms with Crippen molar-refractivity contribution in [2.24, 2.45) is 11.3 Å². The molecular weight excluding hydrogens is 306 g/mol. The molecule has 0 spiro atoms. The summed E-state index contributed by atoms with van der Waals surface area (Å²) in [4.78, 5) is 17.3. The predicted octanol–water partition coefficient (Wildman–Crippen LogP) is 0.554. The zero-order chi connectivity index (χ0) is 17.6. The molecule has 2 saturated heterocycles. The molecule has 0 aromatic carbocycles. The summed E-state index contributed by atoms with van der Waals surface area (Å²) >= 11 is 0. The topological polar surface area (TPSA) is 65.0 Å². The van der Waals surface area contributed by atoms with E-state index in [0.29, 0.717) is 12.5 Å². The number of ether oxygens (including phenoxy) is 1. The molecule has 2 N–H and O–H groups in total. The lowest BCUT2D eigenvalue weighted by Gasteiger charge is -2.40. The second-order valence-electron chi connectivity index (χ2n) is 7.74. The van der Waals surface area contributed by atoms with Crippen LogP contribution >= 0.6 is 0 Å². The van der Waals surface area contributed by atoms with E-state index in [9.17, 15) is 9.90 Å². The van der Waals surface area contributed by atoms with E-state index in [1.165, 1.54) is 0 Å². The maximum atomic E-state index is 13.1. The van der Waals surface area contributed by atoms with E-state index in [1.54, 1.807) is 7.11 Å². The summed E-state index contributed by atoms with van der Waals surface area (Å²) in [5.74, 6) is 0.808. The van der Waals surface area contributed by atoms with Crippen molar-refractivity contribution in [3.8, 4) is 0 Å². The molecule has 0 aliphatic carbocycles. The summed E-state index contributed by atoms with van der Waals surface area (Å²) < 4.78 is 5.39. The maximum absolute atomic E-state index is 13.1. The number of carbonyl (C=O) groups excluding carboxylic acids is 1. The first-order valence-corrected chi connectivity index (χ1v) is 9.32. The van der Waals surface area contributed by atoms with Crippen LogP contribution in [0.4, 0.5) is 0 Å². The number of hydrogen-bond donors (Lipinski definition) is 2. The molecule has 2 rings (SSSR count). The van der Waals surface area contributed by atoms with Crippen LogP contribution in [0.3, 0.4) is 0 Å². The van der Waals surface area contributed by atoms with Gasteiger partial charge in [-0.1, -0.05) is 0 Å². The van der Waals surface area contributed by atoms with Crippen molar-refractivity contribution in [2.75, 3.05) is 60.0 Å². The number of amides is 1. The summed E-state index contributed by atoms with van der Waals surface area (Å²) in [6.45, 7) is 7.76. The highest BCUT2D eigenvalue weighted by molar-refractivity contribution is 5.83. The Morgan fingerprint density at radius 2 is 2.00 bits per heavy atom. The Balaban J connectivity index is 1.85. The number of hydrogen-bond acceptors (Lipinski definition) is 5. The van der Waals surface area contributed by atoms with E-state index < -0.39 is 0 Å². The predicted molar refractivity (Wildman–Crippen MR) is 94.9 cm³/mol. The number of carbonyl (C=O) groups is 1. The summed E-state index contributed by atoms with van der Waals surface area (Å²) in [5.41, 5.74) is -0.345. The zero-order valence-corrected chi connectivity index (χ0v) is 15.6. The molecule has 2 aliphatic heterocycles. The van der Waals surface area contributed by atoms with Gasteiger partial charge in [0.1, 0.15) is 0 Å². The third kappa shape index (κ3) is 5.15. The van der Waals surface area contributed by atoms with Crippen LogP contribution < -0.4 is 5.32 Å².